The van der Waals surface area contributed by atoms with Crippen molar-refractivity contribution in [2.45, 2.75) is 33.7 Å². The minimum atomic E-state index is 0. The first-order valence-electron chi connectivity index (χ1n) is 9.26. The molecule has 0 saturated carbocycles. The van der Waals surface area contributed by atoms with E-state index in [1.807, 2.05) is 44.5 Å². The Bertz CT molecular complexity index is 763. The Balaban J connectivity index is 0.00000392. The van der Waals surface area contributed by atoms with Crippen molar-refractivity contribution < 1.29 is 9.47 Å². The van der Waals surface area contributed by atoms with Crippen LogP contribution in [0.1, 0.15) is 31.1 Å². The number of aryl methyl sites for hydroxylation is 1. The van der Waals surface area contributed by atoms with Crippen LogP contribution in [0.2, 0.25) is 0 Å². The van der Waals surface area contributed by atoms with Crippen molar-refractivity contribution in [2.75, 3.05) is 26.8 Å². The highest BCUT2D eigenvalue weighted by molar-refractivity contribution is 14.0. The number of nitrogens with zero attached hydrogens (tertiary/aromatic N) is 4. The lowest BCUT2D eigenvalue weighted by Gasteiger charge is -2.14. The SMILES string of the molecule is CCOc1ccc(CCNC(=NC)NCc2nnc(C)n2C)cc1OCC.I. The van der Waals surface area contributed by atoms with Crippen molar-refractivity contribution >= 4 is 29.9 Å². The normalized spacial score (nSPS) is 11.0. The van der Waals surface area contributed by atoms with Crippen LogP contribution in [-0.4, -0.2) is 47.5 Å². The van der Waals surface area contributed by atoms with Gasteiger partial charge in [0.25, 0.3) is 0 Å². The molecular weight excluding hydrogens is 471 g/mol. The second kappa shape index (κ2) is 12.4. The number of aromatic nitrogens is 3. The molecular formula is C19H31IN6O2. The Labute approximate surface area is 184 Å². The molecule has 0 aliphatic carbocycles. The molecule has 0 fully saturated rings. The fourth-order valence-corrected chi connectivity index (χ4v) is 2.56. The fourth-order valence-electron chi connectivity index (χ4n) is 2.56. The van der Waals surface area contributed by atoms with Crippen molar-refractivity contribution in [1.29, 1.82) is 0 Å². The maximum absolute atomic E-state index is 5.68. The van der Waals surface area contributed by atoms with Gasteiger partial charge in [0.15, 0.2) is 23.3 Å². The summed E-state index contributed by atoms with van der Waals surface area (Å²) >= 11 is 0. The monoisotopic (exact) mass is 502 g/mol. The van der Waals surface area contributed by atoms with Crippen molar-refractivity contribution in [1.82, 2.24) is 25.4 Å². The fraction of sp³-hybridized carbons (Fsp3) is 0.526. The highest BCUT2D eigenvalue weighted by Crippen LogP contribution is 2.28. The van der Waals surface area contributed by atoms with Gasteiger partial charge in [0.05, 0.1) is 19.8 Å². The number of hydrogen-bond donors (Lipinski definition) is 2. The third kappa shape index (κ3) is 6.84. The van der Waals surface area contributed by atoms with E-state index in [9.17, 15) is 0 Å². The molecule has 0 atom stereocenters. The van der Waals surface area contributed by atoms with Crippen molar-refractivity contribution in [3.8, 4) is 11.5 Å². The summed E-state index contributed by atoms with van der Waals surface area (Å²) in [5.41, 5.74) is 1.17. The molecule has 28 heavy (non-hydrogen) atoms. The van der Waals surface area contributed by atoms with Crippen molar-refractivity contribution in [3.05, 3.63) is 35.4 Å². The maximum atomic E-state index is 5.68. The molecule has 2 rings (SSSR count). The molecule has 9 heteroatoms. The average molecular weight is 502 g/mol. The van der Waals surface area contributed by atoms with E-state index in [1.54, 1.807) is 7.05 Å². The van der Waals surface area contributed by atoms with Crippen LogP contribution in [0.3, 0.4) is 0 Å². The Hall–Kier alpha value is -2.04. The van der Waals surface area contributed by atoms with Crippen molar-refractivity contribution in [2.24, 2.45) is 12.0 Å². The lowest BCUT2D eigenvalue weighted by Crippen LogP contribution is -2.38. The van der Waals surface area contributed by atoms with E-state index in [1.165, 1.54) is 5.56 Å². The molecule has 8 nitrogen and oxygen atoms in total. The van der Waals surface area contributed by atoms with Gasteiger partial charge in [0, 0.05) is 20.6 Å². The van der Waals surface area contributed by atoms with E-state index in [-0.39, 0.29) is 24.0 Å². The summed E-state index contributed by atoms with van der Waals surface area (Å²) in [5, 5.41) is 14.8. The van der Waals surface area contributed by atoms with Gasteiger partial charge >= 0.3 is 0 Å². The number of hydrogen-bond acceptors (Lipinski definition) is 5. The van der Waals surface area contributed by atoms with E-state index < -0.39 is 0 Å². The number of ether oxygens (including phenoxy) is 2. The van der Waals surface area contributed by atoms with E-state index in [0.29, 0.717) is 19.8 Å². The highest BCUT2D eigenvalue weighted by atomic mass is 127. The molecule has 2 N–H and O–H groups in total. The maximum Gasteiger partial charge on any atom is 0.191 e. The van der Waals surface area contributed by atoms with Gasteiger partial charge in [-0.25, -0.2) is 0 Å². The number of rotatable bonds is 9. The van der Waals surface area contributed by atoms with Gasteiger partial charge in [-0.05, 0) is 44.9 Å². The van der Waals surface area contributed by atoms with E-state index in [2.05, 4.69) is 31.9 Å². The standard InChI is InChI=1S/C19H30N6O2.HI/c1-6-26-16-9-8-15(12-17(16)27-7-2)10-11-21-19(20-4)22-13-18-24-23-14(3)25(18)5;/h8-9,12H,6-7,10-11,13H2,1-5H3,(H2,20,21,22);1H. The summed E-state index contributed by atoms with van der Waals surface area (Å²) in [7, 11) is 3.70. The topological polar surface area (TPSA) is 85.6 Å². The van der Waals surface area contributed by atoms with Gasteiger partial charge < -0.3 is 24.7 Å². The van der Waals surface area contributed by atoms with Crippen LogP contribution in [0, 0.1) is 6.92 Å². The number of benzene rings is 1. The van der Waals surface area contributed by atoms with Crippen LogP contribution in [0.25, 0.3) is 0 Å². The number of aliphatic imine (C=N–C) groups is 1. The first kappa shape index (κ1) is 24.0. The van der Waals surface area contributed by atoms with Crippen LogP contribution in [0.5, 0.6) is 11.5 Å². The minimum absolute atomic E-state index is 0. The highest BCUT2D eigenvalue weighted by Gasteiger charge is 2.08. The Morgan fingerprint density at radius 1 is 1.11 bits per heavy atom. The zero-order valence-corrected chi connectivity index (χ0v) is 19.6. The van der Waals surface area contributed by atoms with E-state index in [4.69, 9.17) is 9.47 Å². The number of guanidine groups is 1. The average Bonchev–Trinajstić information content (AvgIpc) is 2.99. The van der Waals surface area contributed by atoms with Crippen molar-refractivity contribution in [3.63, 3.8) is 0 Å². The predicted molar refractivity (Wildman–Crippen MR) is 122 cm³/mol. The summed E-state index contributed by atoms with van der Waals surface area (Å²) in [6, 6.07) is 6.07. The van der Waals surface area contributed by atoms with Crippen LogP contribution < -0.4 is 20.1 Å². The number of nitrogens with one attached hydrogen (secondary N) is 2. The van der Waals surface area contributed by atoms with Gasteiger partial charge in [0.1, 0.15) is 5.82 Å². The molecule has 0 unspecified atom stereocenters. The molecule has 0 bridgehead atoms. The first-order valence-corrected chi connectivity index (χ1v) is 9.26. The molecule has 0 saturated heterocycles. The zero-order valence-electron chi connectivity index (χ0n) is 17.3. The molecule has 1 aromatic heterocycles. The van der Waals surface area contributed by atoms with Crippen LogP contribution in [-0.2, 0) is 20.0 Å². The molecule has 1 heterocycles. The summed E-state index contributed by atoms with van der Waals surface area (Å²) in [5.74, 6) is 4.05. The third-order valence-corrected chi connectivity index (χ3v) is 4.13. The molecule has 156 valence electrons. The molecule has 0 amide bonds. The molecule has 0 aliphatic rings. The Kier molecular flexibility index (Phi) is 10.6. The zero-order chi connectivity index (χ0) is 19.6. The van der Waals surface area contributed by atoms with Crippen LogP contribution >= 0.6 is 24.0 Å². The third-order valence-electron chi connectivity index (χ3n) is 4.13. The van der Waals surface area contributed by atoms with Gasteiger partial charge in [-0.15, -0.1) is 34.2 Å². The summed E-state index contributed by atoms with van der Waals surface area (Å²) in [4.78, 5) is 4.25. The predicted octanol–water partition coefficient (Wildman–Crippen LogP) is 2.45. The quantitative estimate of drug-likeness (QED) is 0.312. The smallest absolute Gasteiger partial charge is 0.191 e. The van der Waals surface area contributed by atoms with Crippen LogP contribution in [0.15, 0.2) is 23.2 Å². The molecule has 0 radical (unpaired) electrons. The lowest BCUT2D eigenvalue weighted by atomic mass is 10.1. The van der Waals surface area contributed by atoms with Crippen LogP contribution in [0.4, 0.5) is 0 Å². The molecule has 1 aromatic carbocycles. The van der Waals surface area contributed by atoms with Gasteiger partial charge in [-0.3, -0.25) is 4.99 Å². The molecule has 0 aliphatic heterocycles. The Morgan fingerprint density at radius 2 is 1.82 bits per heavy atom. The van der Waals surface area contributed by atoms with Gasteiger partial charge in [-0.2, -0.15) is 0 Å². The second-order valence-corrected chi connectivity index (χ2v) is 5.97. The van der Waals surface area contributed by atoms with Gasteiger partial charge in [-0.1, -0.05) is 6.07 Å². The van der Waals surface area contributed by atoms with E-state index in [0.717, 1.165) is 42.1 Å². The van der Waals surface area contributed by atoms with Gasteiger partial charge in [0.2, 0.25) is 0 Å². The largest absolute Gasteiger partial charge is 0.490 e. The number of halogens is 1. The Morgan fingerprint density at radius 3 is 2.43 bits per heavy atom. The summed E-state index contributed by atoms with van der Waals surface area (Å²) < 4.78 is 13.2. The van der Waals surface area contributed by atoms with E-state index >= 15 is 0 Å². The molecule has 2 aromatic rings. The minimum Gasteiger partial charge on any atom is -0.490 e. The molecule has 0 spiro atoms. The summed E-state index contributed by atoms with van der Waals surface area (Å²) in [6.45, 7) is 8.41. The lowest BCUT2D eigenvalue weighted by molar-refractivity contribution is 0.287. The first-order chi connectivity index (χ1) is 13.1. The summed E-state index contributed by atoms with van der Waals surface area (Å²) in [6.07, 6.45) is 0.843. The second-order valence-electron chi connectivity index (χ2n) is 5.97.